The smallest absolute Gasteiger partial charge is 0.231 e. The molecule has 1 aliphatic rings. The van der Waals surface area contributed by atoms with Crippen LogP contribution in [0.1, 0.15) is 32.2 Å². The minimum Gasteiger partial charge on any atom is -0.436 e. The molecule has 4 heterocycles. The number of benzene rings is 1. The van der Waals surface area contributed by atoms with E-state index in [1.54, 1.807) is 6.20 Å². The lowest BCUT2D eigenvalue weighted by atomic mass is 10.0. The zero-order chi connectivity index (χ0) is 21.4. The molecule has 166 valence electrons. The summed E-state index contributed by atoms with van der Waals surface area (Å²) in [6.45, 7) is 3.46. The first-order valence-corrected chi connectivity index (χ1v) is 10.6. The third-order valence-electron chi connectivity index (χ3n) is 5.87. The molecule has 0 spiro atoms. The zero-order valence-corrected chi connectivity index (χ0v) is 18.6. The zero-order valence-electron chi connectivity index (χ0n) is 17.8. The maximum Gasteiger partial charge on any atom is 0.231 e. The second-order valence-electron chi connectivity index (χ2n) is 7.82. The van der Waals surface area contributed by atoms with Crippen molar-refractivity contribution in [2.75, 3.05) is 18.8 Å². The third-order valence-corrected chi connectivity index (χ3v) is 5.87. The van der Waals surface area contributed by atoms with Gasteiger partial charge in [0.1, 0.15) is 11.3 Å². The third kappa shape index (κ3) is 4.05. The highest BCUT2D eigenvalue weighted by atomic mass is 35.5. The number of halogens is 1. The van der Waals surface area contributed by atoms with Crippen molar-refractivity contribution in [1.82, 2.24) is 24.6 Å². The minimum atomic E-state index is 0. The van der Waals surface area contributed by atoms with Crippen LogP contribution in [0.2, 0.25) is 0 Å². The number of amides is 1. The summed E-state index contributed by atoms with van der Waals surface area (Å²) in [5, 5.41) is 4.58. The molecule has 0 unspecified atom stereocenters. The first-order chi connectivity index (χ1) is 15.1. The van der Waals surface area contributed by atoms with E-state index in [0.29, 0.717) is 29.3 Å². The van der Waals surface area contributed by atoms with Crippen molar-refractivity contribution < 1.29 is 9.21 Å². The lowest BCUT2D eigenvalue weighted by Crippen LogP contribution is -2.38. The van der Waals surface area contributed by atoms with Crippen molar-refractivity contribution in [2.45, 2.75) is 32.2 Å². The molecule has 1 aliphatic heterocycles. The predicted molar refractivity (Wildman–Crippen MR) is 125 cm³/mol. The Balaban J connectivity index is 0.00000245. The van der Waals surface area contributed by atoms with Gasteiger partial charge < -0.3 is 15.1 Å². The lowest BCUT2D eigenvalue weighted by molar-refractivity contribution is -0.132. The van der Waals surface area contributed by atoms with Crippen molar-refractivity contribution in [1.29, 1.82) is 0 Å². The first-order valence-electron chi connectivity index (χ1n) is 10.6. The Bertz CT molecular complexity index is 1210. The number of para-hydroxylation sites is 2. The van der Waals surface area contributed by atoms with Crippen LogP contribution in [0, 0.1) is 0 Å². The molecule has 8 nitrogen and oxygen atoms in total. The van der Waals surface area contributed by atoms with Gasteiger partial charge in [-0.2, -0.15) is 5.10 Å². The van der Waals surface area contributed by atoms with E-state index in [2.05, 4.69) is 15.1 Å². The molecule has 32 heavy (non-hydrogen) atoms. The highest BCUT2D eigenvalue weighted by Crippen LogP contribution is 2.32. The Kier molecular flexibility index (Phi) is 6.14. The van der Waals surface area contributed by atoms with Crippen LogP contribution in [0.3, 0.4) is 0 Å². The summed E-state index contributed by atoms with van der Waals surface area (Å²) in [4.78, 5) is 22.8. The summed E-state index contributed by atoms with van der Waals surface area (Å²) >= 11 is 0. The van der Waals surface area contributed by atoms with Gasteiger partial charge in [-0.15, -0.1) is 12.4 Å². The lowest BCUT2D eigenvalue weighted by Gasteiger charge is -2.32. The number of aromatic nitrogens is 4. The average molecular weight is 453 g/mol. The minimum absolute atomic E-state index is 0. The molecule has 0 radical (unpaired) electrons. The Labute approximate surface area is 191 Å². The molecule has 0 saturated carbocycles. The second-order valence-corrected chi connectivity index (χ2v) is 7.82. The Morgan fingerprint density at radius 2 is 1.97 bits per heavy atom. The van der Waals surface area contributed by atoms with Crippen LogP contribution >= 0.6 is 12.4 Å². The molecule has 1 amide bonds. The van der Waals surface area contributed by atoms with Crippen LogP contribution in [0.25, 0.3) is 33.7 Å². The number of hydrogen-bond donors (Lipinski definition) is 1. The number of likely N-dealkylation sites (tertiary alicyclic amines) is 1. The van der Waals surface area contributed by atoms with E-state index in [1.165, 1.54) is 0 Å². The van der Waals surface area contributed by atoms with Crippen LogP contribution < -0.4 is 5.73 Å². The van der Waals surface area contributed by atoms with Gasteiger partial charge in [0.2, 0.25) is 11.8 Å². The van der Waals surface area contributed by atoms with E-state index >= 15 is 0 Å². The van der Waals surface area contributed by atoms with Crippen molar-refractivity contribution in [3.63, 3.8) is 0 Å². The van der Waals surface area contributed by atoms with Gasteiger partial charge in [0.25, 0.3) is 0 Å². The highest BCUT2D eigenvalue weighted by molar-refractivity contribution is 5.85. The molecular weight excluding hydrogens is 428 g/mol. The number of oxazole rings is 1. The molecular formula is C23H25ClN6O2. The highest BCUT2D eigenvalue weighted by Gasteiger charge is 2.23. The second kappa shape index (κ2) is 9.00. The molecule has 0 bridgehead atoms. The number of pyridine rings is 1. The van der Waals surface area contributed by atoms with Crippen LogP contribution in [-0.2, 0) is 4.79 Å². The summed E-state index contributed by atoms with van der Waals surface area (Å²) in [7, 11) is 0. The van der Waals surface area contributed by atoms with Crippen LogP contribution in [0.15, 0.2) is 53.3 Å². The van der Waals surface area contributed by atoms with E-state index in [1.807, 2.05) is 59.2 Å². The fourth-order valence-electron chi connectivity index (χ4n) is 4.08. The van der Waals surface area contributed by atoms with Crippen molar-refractivity contribution >= 4 is 35.2 Å². The Hall–Kier alpha value is -3.39. The van der Waals surface area contributed by atoms with E-state index in [4.69, 9.17) is 10.2 Å². The quantitative estimate of drug-likeness (QED) is 0.494. The predicted octanol–water partition coefficient (Wildman–Crippen LogP) is 4.33. The maximum atomic E-state index is 11.9. The van der Waals surface area contributed by atoms with Gasteiger partial charge in [-0.1, -0.05) is 19.1 Å². The molecule has 1 saturated heterocycles. The molecule has 9 heteroatoms. The van der Waals surface area contributed by atoms with E-state index in [0.717, 1.165) is 42.6 Å². The van der Waals surface area contributed by atoms with Gasteiger partial charge in [-0.3, -0.25) is 9.48 Å². The summed E-state index contributed by atoms with van der Waals surface area (Å²) < 4.78 is 7.88. The fourth-order valence-corrected chi connectivity index (χ4v) is 4.08. The van der Waals surface area contributed by atoms with Crippen molar-refractivity contribution in [2.24, 2.45) is 0 Å². The number of anilines is 1. The molecule has 1 fully saturated rings. The van der Waals surface area contributed by atoms with Crippen LogP contribution in [0.5, 0.6) is 0 Å². The van der Waals surface area contributed by atoms with E-state index < -0.39 is 0 Å². The standard InChI is InChI=1S/C23H24N6O2.ClH/c1-2-21(30)28-9-7-17(8-10-28)29-14-16(13-26-29)15-11-18(22(24)25-12-15)23-27-19-5-3-4-6-20(19)31-23;/h3-6,11-14,17H,2,7-10H2,1H3,(H2,24,25);1H. The van der Waals surface area contributed by atoms with Gasteiger partial charge in [0.05, 0.1) is 17.8 Å². The van der Waals surface area contributed by atoms with Crippen LogP contribution in [-0.4, -0.2) is 43.6 Å². The largest absolute Gasteiger partial charge is 0.436 e. The molecule has 4 aromatic rings. The molecule has 3 aromatic heterocycles. The van der Waals surface area contributed by atoms with Gasteiger partial charge in [0.15, 0.2) is 5.58 Å². The van der Waals surface area contributed by atoms with Gasteiger partial charge >= 0.3 is 0 Å². The van der Waals surface area contributed by atoms with E-state index in [-0.39, 0.29) is 24.4 Å². The SMILES string of the molecule is CCC(=O)N1CCC(n2cc(-c3cnc(N)c(-c4nc5ccccc5o4)c3)cn2)CC1.Cl. The normalized spacial score (nSPS) is 14.5. The topological polar surface area (TPSA) is 103 Å². The number of rotatable bonds is 4. The summed E-state index contributed by atoms with van der Waals surface area (Å²) in [6, 6.07) is 9.84. The van der Waals surface area contributed by atoms with E-state index in [9.17, 15) is 4.79 Å². The number of piperidine rings is 1. The monoisotopic (exact) mass is 452 g/mol. The number of nitrogens with zero attached hydrogens (tertiary/aromatic N) is 5. The molecule has 0 aliphatic carbocycles. The maximum absolute atomic E-state index is 11.9. The Morgan fingerprint density at radius 1 is 1.19 bits per heavy atom. The molecule has 0 atom stereocenters. The molecule has 2 N–H and O–H groups in total. The van der Waals surface area contributed by atoms with Crippen LogP contribution in [0.4, 0.5) is 5.82 Å². The number of hydrogen-bond acceptors (Lipinski definition) is 6. The Morgan fingerprint density at radius 3 is 2.72 bits per heavy atom. The van der Waals surface area contributed by atoms with Gasteiger partial charge in [-0.25, -0.2) is 9.97 Å². The molecule has 5 rings (SSSR count). The number of nitrogen functional groups attached to an aromatic ring is 1. The molecule has 1 aromatic carbocycles. The van der Waals surface area contributed by atoms with Gasteiger partial charge in [0, 0.05) is 43.0 Å². The number of carbonyl (C=O) groups excluding carboxylic acids is 1. The number of fused-ring (bicyclic) bond motifs is 1. The summed E-state index contributed by atoms with van der Waals surface area (Å²) in [6.07, 6.45) is 7.98. The van der Waals surface area contributed by atoms with Crippen molar-refractivity contribution in [3.05, 3.63) is 48.9 Å². The number of nitrogens with two attached hydrogens (primary N) is 1. The van der Waals surface area contributed by atoms with Gasteiger partial charge in [-0.05, 0) is 31.0 Å². The first kappa shape index (κ1) is 21.8. The summed E-state index contributed by atoms with van der Waals surface area (Å²) in [5.74, 6) is 1.04. The number of carbonyl (C=O) groups is 1. The summed E-state index contributed by atoms with van der Waals surface area (Å²) in [5.41, 5.74) is 10.1. The van der Waals surface area contributed by atoms with Crippen molar-refractivity contribution in [3.8, 4) is 22.6 Å². The average Bonchev–Trinajstić information content (AvgIpc) is 3.46. The fraction of sp³-hybridized carbons (Fsp3) is 0.304.